The fourth-order valence-electron chi connectivity index (χ4n) is 2.22. The molecule has 0 saturated carbocycles. The first-order chi connectivity index (χ1) is 12.0. The van der Waals surface area contributed by atoms with E-state index in [-0.39, 0.29) is 18.6 Å². The van der Waals surface area contributed by atoms with Gasteiger partial charge in [-0.3, -0.25) is 4.79 Å². The Balaban J connectivity index is 2.02. The summed E-state index contributed by atoms with van der Waals surface area (Å²) in [7, 11) is 1.30. The van der Waals surface area contributed by atoms with Crippen LogP contribution in [-0.2, 0) is 9.53 Å². The van der Waals surface area contributed by atoms with Crippen molar-refractivity contribution in [1.29, 1.82) is 0 Å². The van der Waals surface area contributed by atoms with Crippen LogP contribution in [0.25, 0.3) is 0 Å². The predicted octanol–water partition coefficient (Wildman–Crippen LogP) is 3.31. The lowest BCUT2D eigenvalue weighted by atomic mass is 10.2. The van der Waals surface area contributed by atoms with E-state index in [4.69, 9.17) is 9.47 Å². The van der Waals surface area contributed by atoms with Crippen LogP contribution in [0.4, 0.5) is 11.4 Å². The van der Waals surface area contributed by atoms with Crippen LogP contribution in [0.2, 0.25) is 0 Å². The van der Waals surface area contributed by atoms with Crippen LogP contribution in [0.1, 0.15) is 24.2 Å². The zero-order valence-corrected chi connectivity index (χ0v) is 14.5. The molecule has 2 aromatic rings. The maximum atomic E-state index is 12.2. The minimum atomic E-state index is -0.500. The average Bonchev–Trinajstić information content (AvgIpc) is 2.60. The number of carbonyl (C=O) groups is 2. The van der Waals surface area contributed by atoms with Gasteiger partial charge in [-0.2, -0.15) is 0 Å². The van der Waals surface area contributed by atoms with Crippen LogP contribution >= 0.6 is 0 Å². The van der Waals surface area contributed by atoms with Crippen LogP contribution in [0.5, 0.6) is 5.75 Å². The average molecular weight is 342 g/mol. The second-order valence-electron chi connectivity index (χ2n) is 5.60. The number of amides is 1. The molecule has 0 atom stereocenters. The van der Waals surface area contributed by atoms with Gasteiger partial charge >= 0.3 is 5.97 Å². The minimum absolute atomic E-state index is 0.0312. The summed E-state index contributed by atoms with van der Waals surface area (Å²) in [5, 5.41) is 5.76. The molecule has 0 aromatic heterocycles. The van der Waals surface area contributed by atoms with Crippen LogP contribution < -0.4 is 15.4 Å². The van der Waals surface area contributed by atoms with E-state index >= 15 is 0 Å². The van der Waals surface area contributed by atoms with E-state index in [1.54, 1.807) is 24.3 Å². The highest BCUT2D eigenvalue weighted by molar-refractivity contribution is 6.02. The van der Waals surface area contributed by atoms with Gasteiger partial charge in [-0.25, -0.2) is 4.79 Å². The van der Waals surface area contributed by atoms with Crippen molar-refractivity contribution in [2.24, 2.45) is 0 Å². The zero-order valence-electron chi connectivity index (χ0n) is 14.5. The molecule has 0 radical (unpaired) electrons. The lowest BCUT2D eigenvalue weighted by Crippen LogP contribution is -2.23. The molecule has 0 fully saturated rings. The maximum Gasteiger partial charge on any atom is 0.339 e. The van der Waals surface area contributed by atoms with Crippen LogP contribution in [0.3, 0.4) is 0 Å². The van der Waals surface area contributed by atoms with Gasteiger partial charge in [-0.15, -0.1) is 0 Å². The van der Waals surface area contributed by atoms with Crippen molar-refractivity contribution in [1.82, 2.24) is 0 Å². The van der Waals surface area contributed by atoms with Crippen molar-refractivity contribution in [2.75, 3.05) is 24.3 Å². The largest absolute Gasteiger partial charge is 0.489 e. The van der Waals surface area contributed by atoms with E-state index in [0.29, 0.717) is 17.0 Å². The highest BCUT2D eigenvalue weighted by atomic mass is 16.5. The smallest absolute Gasteiger partial charge is 0.339 e. The Bertz CT molecular complexity index is 744. The minimum Gasteiger partial charge on any atom is -0.489 e. The molecular formula is C19H22N2O4. The van der Waals surface area contributed by atoms with Crippen LogP contribution in [0, 0.1) is 0 Å². The first kappa shape index (κ1) is 18.3. The third kappa shape index (κ3) is 5.24. The van der Waals surface area contributed by atoms with Gasteiger partial charge in [-0.05, 0) is 38.1 Å². The number of ether oxygens (including phenoxy) is 2. The number of benzene rings is 2. The Hall–Kier alpha value is -3.02. The monoisotopic (exact) mass is 342 g/mol. The Morgan fingerprint density at radius 3 is 2.32 bits per heavy atom. The molecule has 0 bridgehead atoms. The van der Waals surface area contributed by atoms with Gasteiger partial charge in [0.1, 0.15) is 5.75 Å². The normalized spacial score (nSPS) is 10.2. The molecule has 0 aliphatic carbocycles. The topological polar surface area (TPSA) is 76.7 Å². The molecule has 6 heteroatoms. The van der Waals surface area contributed by atoms with E-state index < -0.39 is 5.97 Å². The summed E-state index contributed by atoms with van der Waals surface area (Å²) in [6, 6.07) is 14.1. The number of hydrogen-bond acceptors (Lipinski definition) is 5. The zero-order chi connectivity index (χ0) is 18.2. The van der Waals surface area contributed by atoms with Crippen molar-refractivity contribution >= 4 is 23.3 Å². The number of nitrogens with one attached hydrogen (secondary N) is 2. The summed E-state index contributed by atoms with van der Waals surface area (Å²) < 4.78 is 10.4. The Morgan fingerprint density at radius 1 is 1.00 bits per heavy atom. The highest BCUT2D eigenvalue weighted by Gasteiger charge is 2.13. The van der Waals surface area contributed by atoms with E-state index in [0.717, 1.165) is 5.69 Å². The van der Waals surface area contributed by atoms with E-state index in [1.165, 1.54) is 7.11 Å². The van der Waals surface area contributed by atoms with Crippen molar-refractivity contribution in [3.8, 4) is 5.75 Å². The van der Waals surface area contributed by atoms with Gasteiger partial charge in [-0.1, -0.05) is 24.3 Å². The fraction of sp³-hybridized carbons (Fsp3) is 0.263. The van der Waals surface area contributed by atoms with Crippen molar-refractivity contribution < 1.29 is 19.1 Å². The molecule has 2 rings (SSSR count). The molecule has 25 heavy (non-hydrogen) atoms. The molecule has 0 aliphatic rings. The summed E-state index contributed by atoms with van der Waals surface area (Å²) in [6.07, 6.45) is 0.0312. The number of esters is 1. The lowest BCUT2D eigenvalue weighted by Gasteiger charge is -2.15. The van der Waals surface area contributed by atoms with Gasteiger partial charge in [0.15, 0.2) is 0 Å². The summed E-state index contributed by atoms with van der Waals surface area (Å²) in [5.41, 5.74) is 1.45. The SMILES string of the molecule is COC(=O)c1ccccc1NC(=O)CNc1ccccc1OC(C)C. The Labute approximate surface area is 147 Å². The standard InChI is InChI=1S/C19H22N2O4/c1-13(2)25-17-11-7-6-10-16(17)20-12-18(22)21-15-9-5-4-8-14(15)19(23)24-3/h4-11,13,20H,12H2,1-3H3,(H,21,22). The van der Waals surface area contributed by atoms with Crippen molar-refractivity contribution in [2.45, 2.75) is 20.0 Å². The Kier molecular flexibility index (Phi) is 6.39. The summed E-state index contributed by atoms with van der Waals surface area (Å²) >= 11 is 0. The first-order valence-corrected chi connectivity index (χ1v) is 7.98. The van der Waals surface area contributed by atoms with Gasteiger partial charge in [0.2, 0.25) is 5.91 Å². The predicted molar refractivity (Wildman–Crippen MR) is 97.1 cm³/mol. The summed E-state index contributed by atoms with van der Waals surface area (Å²) in [6.45, 7) is 3.91. The molecule has 132 valence electrons. The lowest BCUT2D eigenvalue weighted by molar-refractivity contribution is -0.114. The quantitative estimate of drug-likeness (QED) is 0.755. The molecule has 0 saturated heterocycles. The number of para-hydroxylation sites is 3. The van der Waals surface area contributed by atoms with E-state index in [1.807, 2.05) is 38.1 Å². The number of methoxy groups -OCH3 is 1. The number of carbonyl (C=O) groups excluding carboxylic acids is 2. The second kappa shape index (κ2) is 8.73. The third-order valence-electron chi connectivity index (χ3n) is 3.30. The third-order valence-corrected chi connectivity index (χ3v) is 3.30. The molecule has 1 amide bonds. The molecule has 2 aromatic carbocycles. The molecule has 0 aliphatic heterocycles. The van der Waals surface area contributed by atoms with Crippen LogP contribution in [-0.4, -0.2) is 31.6 Å². The van der Waals surface area contributed by atoms with E-state index in [9.17, 15) is 9.59 Å². The maximum absolute atomic E-state index is 12.2. The number of rotatable bonds is 7. The molecule has 2 N–H and O–H groups in total. The summed E-state index contributed by atoms with van der Waals surface area (Å²) in [4.78, 5) is 24.0. The molecule has 0 spiro atoms. The first-order valence-electron chi connectivity index (χ1n) is 7.98. The van der Waals surface area contributed by atoms with Gasteiger partial charge < -0.3 is 20.1 Å². The van der Waals surface area contributed by atoms with Crippen LogP contribution in [0.15, 0.2) is 48.5 Å². The van der Waals surface area contributed by atoms with Crippen molar-refractivity contribution in [3.05, 3.63) is 54.1 Å². The fourth-order valence-corrected chi connectivity index (χ4v) is 2.22. The highest BCUT2D eigenvalue weighted by Crippen LogP contribution is 2.24. The van der Waals surface area contributed by atoms with Crippen molar-refractivity contribution in [3.63, 3.8) is 0 Å². The molecule has 0 heterocycles. The number of hydrogen-bond donors (Lipinski definition) is 2. The van der Waals surface area contributed by atoms with Gasteiger partial charge in [0.05, 0.1) is 36.7 Å². The molecular weight excluding hydrogens is 320 g/mol. The van der Waals surface area contributed by atoms with Gasteiger partial charge in [0.25, 0.3) is 0 Å². The summed E-state index contributed by atoms with van der Waals surface area (Å²) in [5.74, 6) is -0.101. The number of anilines is 2. The molecule has 0 unspecified atom stereocenters. The Morgan fingerprint density at radius 2 is 1.64 bits per heavy atom. The van der Waals surface area contributed by atoms with Gasteiger partial charge in [0, 0.05) is 0 Å². The second-order valence-corrected chi connectivity index (χ2v) is 5.60. The van der Waals surface area contributed by atoms with E-state index in [2.05, 4.69) is 10.6 Å². The molecule has 6 nitrogen and oxygen atoms in total.